The van der Waals surface area contributed by atoms with E-state index in [2.05, 4.69) is 18.5 Å². The first-order valence-electron chi connectivity index (χ1n) is 7.85. The molecule has 0 amide bonds. The Kier molecular flexibility index (Phi) is 3.35. The van der Waals surface area contributed by atoms with Crippen LogP contribution in [0, 0.1) is 5.92 Å². The standard InChI is InChI=1S/C16H24N2O2/c1-3-16(8-4-5-9-16)15-17-12-10-11(14(19)20)6-7-13(12)18(15)2/h11H,3-10H2,1-2H3,(H,19,20). The third kappa shape index (κ3) is 1.97. The van der Waals surface area contributed by atoms with E-state index in [9.17, 15) is 9.90 Å². The van der Waals surface area contributed by atoms with Gasteiger partial charge in [-0.2, -0.15) is 0 Å². The molecule has 4 nitrogen and oxygen atoms in total. The van der Waals surface area contributed by atoms with Gasteiger partial charge in [0.1, 0.15) is 5.82 Å². The molecule has 1 heterocycles. The van der Waals surface area contributed by atoms with Crippen LogP contribution in [0.4, 0.5) is 0 Å². The molecular weight excluding hydrogens is 252 g/mol. The largest absolute Gasteiger partial charge is 0.481 e. The van der Waals surface area contributed by atoms with Gasteiger partial charge in [0.15, 0.2) is 0 Å². The Morgan fingerprint density at radius 1 is 1.45 bits per heavy atom. The van der Waals surface area contributed by atoms with Crippen molar-refractivity contribution in [2.45, 2.75) is 63.7 Å². The van der Waals surface area contributed by atoms with Crippen molar-refractivity contribution < 1.29 is 9.90 Å². The first-order chi connectivity index (χ1) is 9.57. The van der Waals surface area contributed by atoms with Crippen molar-refractivity contribution in [3.63, 3.8) is 0 Å². The van der Waals surface area contributed by atoms with Gasteiger partial charge in [0.25, 0.3) is 0 Å². The molecule has 1 N–H and O–H groups in total. The van der Waals surface area contributed by atoms with Crippen molar-refractivity contribution in [3.8, 4) is 0 Å². The van der Waals surface area contributed by atoms with Gasteiger partial charge in [-0.15, -0.1) is 0 Å². The summed E-state index contributed by atoms with van der Waals surface area (Å²) in [5, 5.41) is 9.21. The fourth-order valence-corrected chi connectivity index (χ4v) is 4.18. The van der Waals surface area contributed by atoms with Crippen LogP contribution in [0.5, 0.6) is 0 Å². The van der Waals surface area contributed by atoms with Gasteiger partial charge in [-0.1, -0.05) is 19.8 Å². The molecule has 1 aromatic heterocycles. The fraction of sp³-hybridized carbons (Fsp3) is 0.750. The van der Waals surface area contributed by atoms with Crippen LogP contribution in [0.3, 0.4) is 0 Å². The number of hydrogen-bond donors (Lipinski definition) is 1. The number of carbonyl (C=O) groups is 1. The molecule has 0 aromatic carbocycles. The summed E-state index contributed by atoms with van der Waals surface area (Å²) in [6.07, 6.45) is 8.41. The summed E-state index contributed by atoms with van der Waals surface area (Å²) in [5.74, 6) is 0.300. The zero-order valence-electron chi connectivity index (χ0n) is 12.5. The van der Waals surface area contributed by atoms with Crippen molar-refractivity contribution in [1.29, 1.82) is 0 Å². The predicted octanol–water partition coefficient (Wildman–Crippen LogP) is 2.83. The monoisotopic (exact) mass is 276 g/mol. The number of rotatable bonds is 3. The summed E-state index contributed by atoms with van der Waals surface area (Å²) in [5.41, 5.74) is 2.56. The van der Waals surface area contributed by atoms with E-state index in [1.54, 1.807) is 0 Å². The SMILES string of the molecule is CCC1(c2nc3c(n2C)CCC(C(=O)O)C3)CCCC1. The highest BCUT2D eigenvalue weighted by atomic mass is 16.4. The first kappa shape index (κ1) is 13.7. The van der Waals surface area contributed by atoms with Gasteiger partial charge in [-0.05, 0) is 32.1 Å². The molecule has 20 heavy (non-hydrogen) atoms. The Labute approximate surface area is 120 Å². The van der Waals surface area contributed by atoms with Crippen LogP contribution < -0.4 is 0 Å². The minimum Gasteiger partial charge on any atom is -0.481 e. The number of nitrogens with zero attached hydrogens (tertiary/aromatic N) is 2. The predicted molar refractivity (Wildman–Crippen MR) is 76.8 cm³/mol. The number of imidazole rings is 1. The van der Waals surface area contributed by atoms with Gasteiger partial charge in [-0.25, -0.2) is 4.98 Å². The second-order valence-electron chi connectivity index (χ2n) is 6.51. The molecule has 2 aliphatic rings. The smallest absolute Gasteiger partial charge is 0.306 e. The lowest BCUT2D eigenvalue weighted by Crippen LogP contribution is -2.25. The summed E-state index contributed by atoms with van der Waals surface area (Å²) in [4.78, 5) is 16.1. The van der Waals surface area contributed by atoms with Crippen molar-refractivity contribution in [2.75, 3.05) is 0 Å². The average molecular weight is 276 g/mol. The lowest BCUT2D eigenvalue weighted by atomic mass is 9.82. The van der Waals surface area contributed by atoms with Crippen LogP contribution in [0.25, 0.3) is 0 Å². The highest BCUT2D eigenvalue weighted by molar-refractivity contribution is 5.70. The molecule has 0 radical (unpaired) electrons. The molecule has 2 aliphatic carbocycles. The van der Waals surface area contributed by atoms with E-state index in [0.29, 0.717) is 6.42 Å². The maximum Gasteiger partial charge on any atom is 0.306 e. The molecule has 1 atom stereocenters. The van der Waals surface area contributed by atoms with Crippen LogP contribution in [0.15, 0.2) is 0 Å². The van der Waals surface area contributed by atoms with Crippen molar-refractivity contribution in [1.82, 2.24) is 9.55 Å². The number of hydrogen-bond acceptors (Lipinski definition) is 2. The zero-order valence-corrected chi connectivity index (χ0v) is 12.5. The van der Waals surface area contributed by atoms with E-state index in [-0.39, 0.29) is 11.3 Å². The Morgan fingerprint density at radius 3 is 2.75 bits per heavy atom. The second kappa shape index (κ2) is 4.90. The summed E-state index contributed by atoms with van der Waals surface area (Å²) in [7, 11) is 2.12. The molecule has 4 heteroatoms. The number of fused-ring (bicyclic) bond motifs is 1. The van der Waals surface area contributed by atoms with Crippen LogP contribution in [0.2, 0.25) is 0 Å². The summed E-state index contributed by atoms with van der Waals surface area (Å²) in [6.45, 7) is 2.26. The summed E-state index contributed by atoms with van der Waals surface area (Å²) < 4.78 is 2.28. The normalized spacial score (nSPS) is 24.6. The Hall–Kier alpha value is -1.32. The Balaban J connectivity index is 1.97. The molecule has 0 aliphatic heterocycles. The van der Waals surface area contributed by atoms with E-state index in [1.165, 1.54) is 37.2 Å². The summed E-state index contributed by atoms with van der Waals surface area (Å²) >= 11 is 0. The minimum absolute atomic E-state index is 0.241. The summed E-state index contributed by atoms with van der Waals surface area (Å²) in [6, 6.07) is 0. The number of aromatic nitrogens is 2. The molecule has 1 aromatic rings. The zero-order chi connectivity index (χ0) is 14.3. The van der Waals surface area contributed by atoms with Gasteiger partial charge in [0.05, 0.1) is 11.6 Å². The quantitative estimate of drug-likeness (QED) is 0.923. The fourth-order valence-electron chi connectivity index (χ4n) is 4.18. The third-order valence-electron chi connectivity index (χ3n) is 5.53. The molecular formula is C16H24N2O2. The van der Waals surface area contributed by atoms with E-state index < -0.39 is 5.97 Å². The van der Waals surface area contributed by atoms with Crippen LogP contribution >= 0.6 is 0 Å². The third-order valence-corrected chi connectivity index (χ3v) is 5.53. The van der Waals surface area contributed by atoms with Gasteiger partial charge in [-0.3, -0.25) is 4.79 Å². The molecule has 1 unspecified atom stereocenters. The lowest BCUT2D eigenvalue weighted by Gasteiger charge is -2.27. The van der Waals surface area contributed by atoms with Gasteiger partial charge in [0.2, 0.25) is 0 Å². The maximum atomic E-state index is 11.2. The van der Waals surface area contributed by atoms with Crippen molar-refractivity contribution >= 4 is 5.97 Å². The Morgan fingerprint density at radius 2 is 2.15 bits per heavy atom. The van der Waals surface area contributed by atoms with E-state index in [0.717, 1.165) is 25.0 Å². The molecule has 0 spiro atoms. The molecule has 1 saturated carbocycles. The molecule has 3 rings (SSSR count). The van der Waals surface area contributed by atoms with Crippen molar-refractivity contribution in [2.24, 2.45) is 13.0 Å². The Bertz CT molecular complexity index is 527. The van der Waals surface area contributed by atoms with Crippen LogP contribution in [-0.2, 0) is 30.1 Å². The van der Waals surface area contributed by atoms with E-state index in [4.69, 9.17) is 4.98 Å². The average Bonchev–Trinajstić information content (AvgIpc) is 3.04. The highest BCUT2D eigenvalue weighted by Crippen LogP contribution is 2.44. The molecule has 110 valence electrons. The topological polar surface area (TPSA) is 55.1 Å². The molecule has 0 saturated heterocycles. The first-order valence-corrected chi connectivity index (χ1v) is 7.85. The van der Waals surface area contributed by atoms with E-state index >= 15 is 0 Å². The van der Waals surface area contributed by atoms with Gasteiger partial charge >= 0.3 is 5.97 Å². The van der Waals surface area contributed by atoms with Gasteiger partial charge in [0, 0.05) is 24.6 Å². The van der Waals surface area contributed by atoms with Crippen molar-refractivity contribution in [3.05, 3.63) is 17.2 Å². The van der Waals surface area contributed by atoms with E-state index in [1.807, 2.05) is 0 Å². The van der Waals surface area contributed by atoms with Crippen LogP contribution in [-0.4, -0.2) is 20.6 Å². The number of aliphatic carboxylic acids is 1. The molecule has 0 bridgehead atoms. The lowest BCUT2D eigenvalue weighted by molar-refractivity contribution is -0.142. The minimum atomic E-state index is -0.672. The highest BCUT2D eigenvalue weighted by Gasteiger charge is 2.39. The number of carboxylic acid groups (broad SMARTS) is 1. The maximum absolute atomic E-state index is 11.2. The second-order valence-corrected chi connectivity index (χ2v) is 6.51. The molecule has 1 fully saturated rings. The number of carboxylic acids is 1. The van der Waals surface area contributed by atoms with Crippen LogP contribution in [0.1, 0.15) is 62.7 Å². The van der Waals surface area contributed by atoms with Gasteiger partial charge < -0.3 is 9.67 Å².